The van der Waals surface area contributed by atoms with Crippen LogP contribution in [-0.4, -0.2) is 34.2 Å². The van der Waals surface area contributed by atoms with Crippen molar-refractivity contribution in [3.05, 3.63) is 29.8 Å². The number of carboxylic acids is 2. The summed E-state index contributed by atoms with van der Waals surface area (Å²) in [5.74, 6) is -2.75. The van der Waals surface area contributed by atoms with E-state index in [1.165, 1.54) is 0 Å². The van der Waals surface area contributed by atoms with Gasteiger partial charge in [-0.3, -0.25) is 9.59 Å². The van der Waals surface area contributed by atoms with Crippen molar-refractivity contribution >= 4 is 17.6 Å². The van der Waals surface area contributed by atoms with Crippen LogP contribution in [0, 0.1) is 0 Å². The number of carboxylic acid groups (broad SMARTS) is 2. The molecule has 0 amide bonds. The molecule has 0 spiro atoms. The second kappa shape index (κ2) is 7.82. The molecule has 5 heteroatoms. The van der Waals surface area contributed by atoms with Crippen molar-refractivity contribution in [1.29, 1.82) is 0 Å². The van der Waals surface area contributed by atoms with Gasteiger partial charge in [0.15, 0.2) is 0 Å². The standard InChI is InChI=1S/C17H25NO4/c1-11(2)18(12(3)4)14-7-5-13(6-8-14)15(17(21)22)9-10-16(19)20/h5-8,11-12,15H,9-10H2,1-4H3,(H,19,20)(H,21,22). The number of nitrogens with zero attached hydrogens (tertiary/aromatic N) is 1. The Morgan fingerprint density at radius 1 is 1.00 bits per heavy atom. The van der Waals surface area contributed by atoms with Crippen LogP contribution >= 0.6 is 0 Å². The number of hydrogen-bond acceptors (Lipinski definition) is 3. The lowest BCUT2D eigenvalue weighted by Crippen LogP contribution is -2.36. The summed E-state index contributed by atoms with van der Waals surface area (Å²) in [6.07, 6.45) is -0.0507. The van der Waals surface area contributed by atoms with E-state index in [-0.39, 0.29) is 12.8 Å². The average Bonchev–Trinajstić information content (AvgIpc) is 2.39. The Kier molecular flexibility index (Phi) is 6.40. The number of hydrogen-bond donors (Lipinski definition) is 2. The first kappa shape index (κ1) is 18.0. The summed E-state index contributed by atoms with van der Waals surface area (Å²) in [5.41, 5.74) is 1.68. The lowest BCUT2D eigenvalue weighted by molar-refractivity contribution is -0.140. The Bertz CT molecular complexity index is 500. The Balaban J connectivity index is 2.98. The van der Waals surface area contributed by atoms with Gasteiger partial charge < -0.3 is 15.1 Å². The van der Waals surface area contributed by atoms with Gasteiger partial charge >= 0.3 is 11.9 Å². The first-order chi connectivity index (χ1) is 10.2. The minimum Gasteiger partial charge on any atom is -0.481 e. The van der Waals surface area contributed by atoms with Crippen molar-refractivity contribution in [3.8, 4) is 0 Å². The molecule has 1 aromatic rings. The van der Waals surface area contributed by atoms with Gasteiger partial charge in [-0.15, -0.1) is 0 Å². The SMILES string of the molecule is CC(C)N(c1ccc(C(CCC(=O)O)C(=O)O)cc1)C(C)C. The van der Waals surface area contributed by atoms with Crippen molar-refractivity contribution in [3.63, 3.8) is 0 Å². The minimum atomic E-state index is -0.987. The molecule has 0 aliphatic rings. The number of anilines is 1. The molecule has 2 N–H and O–H groups in total. The third kappa shape index (κ3) is 4.76. The molecule has 1 unspecified atom stereocenters. The molecule has 1 aromatic carbocycles. The van der Waals surface area contributed by atoms with E-state index >= 15 is 0 Å². The van der Waals surface area contributed by atoms with E-state index in [4.69, 9.17) is 5.11 Å². The predicted octanol–water partition coefficient (Wildman–Crippen LogP) is 3.34. The van der Waals surface area contributed by atoms with Crippen molar-refractivity contribution in [2.75, 3.05) is 4.90 Å². The molecule has 0 aliphatic heterocycles. The second-order valence-corrected chi connectivity index (χ2v) is 6.01. The van der Waals surface area contributed by atoms with Crippen LogP contribution in [-0.2, 0) is 9.59 Å². The van der Waals surface area contributed by atoms with Gasteiger partial charge in [-0.1, -0.05) is 12.1 Å². The topological polar surface area (TPSA) is 77.8 Å². The van der Waals surface area contributed by atoms with Gasteiger partial charge in [0.25, 0.3) is 0 Å². The molecule has 0 saturated carbocycles. The van der Waals surface area contributed by atoms with Crippen LogP contribution in [0.4, 0.5) is 5.69 Å². The molecule has 0 saturated heterocycles. The van der Waals surface area contributed by atoms with Crippen molar-refractivity contribution in [1.82, 2.24) is 0 Å². The fourth-order valence-corrected chi connectivity index (χ4v) is 2.77. The predicted molar refractivity (Wildman–Crippen MR) is 86.4 cm³/mol. The maximum atomic E-state index is 11.3. The summed E-state index contributed by atoms with van der Waals surface area (Å²) >= 11 is 0. The normalized spacial score (nSPS) is 12.5. The molecule has 122 valence electrons. The van der Waals surface area contributed by atoms with Crippen molar-refractivity contribution in [2.45, 2.75) is 58.5 Å². The van der Waals surface area contributed by atoms with Gasteiger partial charge in [-0.05, 0) is 51.8 Å². The summed E-state index contributed by atoms with van der Waals surface area (Å²) < 4.78 is 0. The van der Waals surface area contributed by atoms with Crippen LogP contribution in [0.5, 0.6) is 0 Å². The number of aliphatic carboxylic acids is 2. The summed E-state index contributed by atoms with van der Waals surface area (Å²) in [5, 5.41) is 18.0. The Morgan fingerprint density at radius 2 is 1.50 bits per heavy atom. The highest BCUT2D eigenvalue weighted by molar-refractivity contribution is 5.77. The van der Waals surface area contributed by atoms with Crippen LogP contribution in [0.15, 0.2) is 24.3 Å². The first-order valence-electron chi connectivity index (χ1n) is 7.57. The molecule has 0 bridgehead atoms. The number of benzene rings is 1. The maximum Gasteiger partial charge on any atom is 0.310 e. The molecule has 0 radical (unpaired) electrons. The van der Waals surface area contributed by atoms with Crippen LogP contribution in [0.1, 0.15) is 52.0 Å². The number of rotatable bonds is 8. The Hall–Kier alpha value is -2.04. The van der Waals surface area contributed by atoms with E-state index in [0.717, 1.165) is 5.69 Å². The fourth-order valence-electron chi connectivity index (χ4n) is 2.77. The zero-order valence-electron chi connectivity index (χ0n) is 13.6. The molecular weight excluding hydrogens is 282 g/mol. The summed E-state index contributed by atoms with van der Waals surface area (Å²) in [4.78, 5) is 24.2. The van der Waals surface area contributed by atoms with Gasteiger partial charge in [0.2, 0.25) is 0 Å². The lowest BCUT2D eigenvalue weighted by Gasteiger charge is -2.33. The molecule has 0 heterocycles. The van der Waals surface area contributed by atoms with E-state index in [9.17, 15) is 14.7 Å². The minimum absolute atomic E-state index is 0.0993. The highest BCUT2D eigenvalue weighted by Crippen LogP contribution is 2.26. The third-order valence-electron chi connectivity index (χ3n) is 3.65. The molecule has 0 fully saturated rings. The highest BCUT2D eigenvalue weighted by atomic mass is 16.4. The van der Waals surface area contributed by atoms with Gasteiger partial charge in [-0.2, -0.15) is 0 Å². The third-order valence-corrected chi connectivity index (χ3v) is 3.65. The van der Waals surface area contributed by atoms with E-state index in [1.54, 1.807) is 12.1 Å². The highest BCUT2D eigenvalue weighted by Gasteiger charge is 2.21. The smallest absolute Gasteiger partial charge is 0.310 e. The molecular formula is C17H25NO4. The van der Waals surface area contributed by atoms with Gasteiger partial charge in [0.1, 0.15) is 0 Å². The molecule has 0 aromatic heterocycles. The second-order valence-electron chi connectivity index (χ2n) is 6.01. The fraction of sp³-hybridized carbons (Fsp3) is 0.529. The van der Waals surface area contributed by atoms with Crippen LogP contribution in [0.25, 0.3) is 0 Å². The first-order valence-corrected chi connectivity index (χ1v) is 7.57. The Labute approximate surface area is 131 Å². The van der Waals surface area contributed by atoms with E-state index in [1.807, 2.05) is 12.1 Å². The van der Waals surface area contributed by atoms with E-state index in [2.05, 4.69) is 32.6 Å². The monoisotopic (exact) mass is 307 g/mol. The summed E-state index contributed by atoms with van der Waals surface area (Å²) in [6, 6.07) is 8.07. The summed E-state index contributed by atoms with van der Waals surface area (Å²) in [7, 11) is 0. The summed E-state index contributed by atoms with van der Waals surface area (Å²) in [6.45, 7) is 8.45. The van der Waals surface area contributed by atoms with Crippen LogP contribution in [0.2, 0.25) is 0 Å². The molecule has 0 aliphatic carbocycles. The van der Waals surface area contributed by atoms with E-state index in [0.29, 0.717) is 17.6 Å². The van der Waals surface area contributed by atoms with Crippen LogP contribution < -0.4 is 4.90 Å². The van der Waals surface area contributed by atoms with Gasteiger partial charge in [0, 0.05) is 24.2 Å². The largest absolute Gasteiger partial charge is 0.481 e. The zero-order valence-corrected chi connectivity index (χ0v) is 13.6. The van der Waals surface area contributed by atoms with Crippen molar-refractivity contribution in [2.24, 2.45) is 0 Å². The van der Waals surface area contributed by atoms with Crippen LogP contribution in [0.3, 0.4) is 0 Å². The average molecular weight is 307 g/mol. The molecule has 5 nitrogen and oxygen atoms in total. The van der Waals surface area contributed by atoms with Crippen molar-refractivity contribution < 1.29 is 19.8 Å². The maximum absolute atomic E-state index is 11.3. The van der Waals surface area contributed by atoms with Gasteiger partial charge in [0.05, 0.1) is 5.92 Å². The number of carbonyl (C=O) groups is 2. The van der Waals surface area contributed by atoms with E-state index < -0.39 is 17.9 Å². The quantitative estimate of drug-likeness (QED) is 0.770. The van der Waals surface area contributed by atoms with Gasteiger partial charge in [-0.25, -0.2) is 0 Å². The zero-order chi connectivity index (χ0) is 16.9. The molecule has 1 atom stereocenters. The molecule has 1 rings (SSSR count). The Morgan fingerprint density at radius 3 is 1.86 bits per heavy atom. The molecule has 22 heavy (non-hydrogen) atoms. The lowest BCUT2D eigenvalue weighted by atomic mass is 9.94.